The summed E-state index contributed by atoms with van der Waals surface area (Å²) in [5.41, 5.74) is 2.74. The highest BCUT2D eigenvalue weighted by Crippen LogP contribution is 2.27. The van der Waals surface area contributed by atoms with Gasteiger partial charge in [-0.1, -0.05) is 18.2 Å². The van der Waals surface area contributed by atoms with Crippen molar-refractivity contribution in [3.63, 3.8) is 0 Å². The molecular formula is C17H23N3O4. The second-order valence-corrected chi connectivity index (χ2v) is 5.87. The molecule has 1 aromatic heterocycles. The van der Waals surface area contributed by atoms with E-state index in [4.69, 9.17) is 19.8 Å². The number of fused-ring (bicyclic) bond motifs is 2. The summed E-state index contributed by atoms with van der Waals surface area (Å²) >= 11 is 0. The SMILES string of the molecule is O=CO.O=CO.c1cc(CN2C[C@@H]3CCN[C@@H]3C2)c2[nH]ccc2c1. The van der Waals surface area contributed by atoms with Gasteiger partial charge in [-0.05, 0) is 35.9 Å². The van der Waals surface area contributed by atoms with Crippen LogP contribution in [0.5, 0.6) is 0 Å². The summed E-state index contributed by atoms with van der Waals surface area (Å²) in [5.74, 6) is 0.882. The highest BCUT2D eigenvalue weighted by Gasteiger charge is 2.35. The summed E-state index contributed by atoms with van der Waals surface area (Å²) in [7, 11) is 0. The Kier molecular flexibility index (Phi) is 6.77. The lowest BCUT2D eigenvalue weighted by atomic mass is 10.1. The molecule has 4 rings (SSSR count). The van der Waals surface area contributed by atoms with E-state index in [0.717, 1.165) is 18.5 Å². The molecule has 0 bridgehead atoms. The van der Waals surface area contributed by atoms with Crippen LogP contribution in [0.4, 0.5) is 0 Å². The van der Waals surface area contributed by atoms with Crippen LogP contribution >= 0.6 is 0 Å². The molecule has 24 heavy (non-hydrogen) atoms. The molecule has 4 N–H and O–H groups in total. The number of hydrogen-bond donors (Lipinski definition) is 4. The second-order valence-electron chi connectivity index (χ2n) is 5.87. The first-order valence-electron chi connectivity index (χ1n) is 7.90. The fraction of sp³-hybridized carbons (Fsp3) is 0.412. The molecule has 0 unspecified atom stereocenters. The van der Waals surface area contributed by atoms with Crippen molar-refractivity contribution in [3.05, 3.63) is 36.0 Å². The van der Waals surface area contributed by atoms with Gasteiger partial charge in [-0.3, -0.25) is 14.5 Å². The number of benzene rings is 1. The van der Waals surface area contributed by atoms with Crippen molar-refractivity contribution in [2.75, 3.05) is 19.6 Å². The molecule has 130 valence electrons. The smallest absolute Gasteiger partial charge is 0.290 e. The van der Waals surface area contributed by atoms with E-state index in [-0.39, 0.29) is 12.9 Å². The number of H-pyrrole nitrogens is 1. The lowest BCUT2D eigenvalue weighted by Crippen LogP contribution is -2.29. The molecule has 0 aliphatic carbocycles. The molecule has 0 amide bonds. The molecule has 0 spiro atoms. The largest absolute Gasteiger partial charge is 0.483 e. The Bertz CT molecular complexity index is 640. The first-order chi connectivity index (χ1) is 11.7. The molecule has 2 aliphatic rings. The average molecular weight is 333 g/mol. The van der Waals surface area contributed by atoms with Gasteiger partial charge in [0.2, 0.25) is 0 Å². The molecule has 7 nitrogen and oxygen atoms in total. The van der Waals surface area contributed by atoms with Crippen LogP contribution in [0.1, 0.15) is 12.0 Å². The van der Waals surface area contributed by atoms with Crippen LogP contribution < -0.4 is 5.32 Å². The van der Waals surface area contributed by atoms with Crippen LogP contribution in [0.15, 0.2) is 30.5 Å². The molecular weight excluding hydrogens is 310 g/mol. The average Bonchev–Trinajstić information content (AvgIpc) is 3.24. The van der Waals surface area contributed by atoms with Gasteiger partial charge in [0.15, 0.2) is 0 Å². The molecule has 7 heteroatoms. The van der Waals surface area contributed by atoms with Crippen molar-refractivity contribution in [3.8, 4) is 0 Å². The Morgan fingerprint density at radius 2 is 1.92 bits per heavy atom. The Hall–Kier alpha value is -2.38. The zero-order valence-electron chi connectivity index (χ0n) is 13.4. The van der Waals surface area contributed by atoms with Gasteiger partial charge in [0.25, 0.3) is 12.9 Å². The van der Waals surface area contributed by atoms with Crippen LogP contribution in [0.3, 0.4) is 0 Å². The van der Waals surface area contributed by atoms with Crippen molar-refractivity contribution < 1.29 is 19.8 Å². The maximum atomic E-state index is 8.36. The first-order valence-corrected chi connectivity index (χ1v) is 7.90. The van der Waals surface area contributed by atoms with E-state index in [1.807, 2.05) is 6.20 Å². The summed E-state index contributed by atoms with van der Waals surface area (Å²) in [4.78, 5) is 22.7. The fourth-order valence-corrected chi connectivity index (χ4v) is 3.59. The Balaban J connectivity index is 0.000000308. The van der Waals surface area contributed by atoms with Gasteiger partial charge in [-0.15, -0.1) is 0 Å². The Morgan fingerprint density at radius 3 is 2.62 bits per heavy atom. The van der Waals surface area contributed by atoms with Gasteiger partial charge >= 0.3 is 0 Å². The summed E-state index contributed by atoms with van der Waals surface area (Å²) in [6.07, 6.45) is 3.39. The zero-order valence-corrected chi connectivity index (χ0v) is 13.4. The molecule has 0 saturated carbocycles. The number of aromatic nitrogens is 1. The van der Waals surface area contributed by atoms with E-state index in [1.165, 1.54) is 42.5 Å². The predicted octanol–water partition coefficient (Wildman–Crippen LogP) is 1.36. The molecule has 3 heterocycles. The third kappa shape index (κ3) is 4.33. The lowest BCUT2D eigenvalue weighted by Gasteiger charge is -2.17. The van der Waals surface area contributed by atoms with Gasteiger partial charge in [0.05, 0.1) is 0 Å². The second kappa shape index (κ2) is 9.05. The first kappa shape index (κ1) is 18.0. The monoisotopic (exact) mass is 333 g/mol. The van der Waals surface area contributed by atoms with E-state index in [1.54, 1.807) is 0 Å². The molecule has 2 saturated heterocycles. The quantitative estimate of drug-likeness (QED) is 0.619. The number of aromatic amines is 1. The standard InChI is InChI=1S/C15H19N3.2CH2O2/c1-2-11-4-7-17-15(11)13(3-1)9-18-8-12-5-6-16-14(12)10-18;2*2-1-3/h1-4,7,12,14,16-17H,5-6,8-10H2;2*1H,(H,2,3)/t12-,14+;;/m0../s1. The van der Waals surface area contributed by atoms with E-state index in [0.29, 0.717) is 0 Å². The highest BCUT2D eigenvalue weighted by molar-refractivity contribution is 5.82. The number of carbonyl (C=O) groups is 2. The third-order valence-electron chi connectivity index (χ3n) is 4.51. The molecule has 0 radical (unpaired) electrons. The number of hydrogen-bond acceptors (Lipinski definition) is 4. The number of nitrogens with zero attached hydrogens (tertiary/aromatic N) is 1. The number of carboxylic acid groups (broad SMARTS) is 2. The summed E-state index contributed by atoms with van der Waals surface area (Å²) < 4.78 is 0. The summed E-state index contributed by atoms with van der Waals surface area (Å²) in [6.45, 7) is 4.26. The predicted molar refractivity (Wildman–Crippen MR) is 90.9 cm³/mol. The Labute approximate surface area is 140 Å². The van der Waals surface area contributed by atoms with E-state index < -0.39 is 0 Å². The van der Waals surface area contributed by atoms with Crippen molar-refractivity contribution in [1.82, 2.24) is 15.2 Å². The topological polar surface area (TPSA) is 106 Å². The van der Waals surface area contributed by atoms with Crippen molar-refractivity contribution >= 4 is 23.8 Å². The van der Waals surface area contributed by atoms with Crippen LogP contribution in [0.25, 0.3) is 10.9 Å². The molecule has 2 fully saturated rings. The van der Waals surface area contributed by atoms with Crippen LogP contribution in [-0.4, -0.2) is 58.7 Å². The van der Waals surface area contributed by atoms with E-state index in [9.17, 15) is 0 Å². The normalized spacial score (nSPS) is 22.0. The lowest BCUT2D eigenvalue weighted by molar-refractivity contribution is -0.123. The van der Waals surface area contributed by atoms with Crippen LogP contribution in [0.2, 0.25) is 0 Å². The van der Waals surface area contributed by atoms with Crippen LogP contribution in [-0.2, 0) is 16.1 Å². The summed E-state index contributed by atoms with van der Waals surface area (Å²) in [5, 5.41) is 18.7. The molecule has 1 aromatic carbocycles. The number of likely N-dealkylation sites (tertiary alicyclic amines) is 1. The minimum absolute atomic E-state index is 0.250. The molecule has 2 atom stereocenters. The van der Waals surface area contributed by atoms with Gasteiger partial charge in [0.1, 0.15) is 0 Å². The van der Waals surface area contributed by atoms with E-state index >= 15 is 0 Å². The fourth-order valence-electron chi connectivity index (χ4n) is 3.59. The van der Waals surface area contributed by atoms with Crippen molar-refractivity contribution in [2.24, 2.45) is 5.92 Å². The number of nitrogens with one attached hydrogen (secondary N) is 2. The zero-order chi connectivity index (χ0) is 17.4. The highest BCUT2D eigenvalue weighted by atomic mass is 16.3. The minimum Gasteiger partial charge on any atom is -0.483 e. The summed E-state index contributed by atoms with van der Waals surface area (Å²) in [6, 6.07) is 9.49. The Morgan fingerprint density at radius 1 is 1.17 bits per heavy atom. The number of para-hydroxylation sites is 1. The maximum Gasteiger partial charge on any atom is 0.290 e. The maximum absolute atomic E-state index is 8.36. The van der Waals surface area contributed by atoms with Gasteiger partial charge in [-0.2, -0.15) is 0 Å². The molecule has 2 aromatic rings. The van der Waals surface area contributed by atoms with E-state index in [2.05, 4.69) is 39.5 Å². The van der Waals surface area contributed by atoms with Crippen molar-refractivity contribution in [2.45, 2.75) is 19.0 Å². The van der Waals surface area contributed by atoms with Gasteiger partial charge < -0.3 is 20.5 Å². The molecule has 2 aliphatic heterocycles. The van der Waals surface area contributed by atoms with Gasteiger partial charge in [-0.25, -0.2) is 0 Å². The number of rotatable bonds is 2. The third-order valence-corrected chi connectivity index (χ3v) is 4.51. The van der Waals surface area contributed by atoms with Crippen LogP contribution in [0, 0.1) is 5.92 Å². The van der Waals surface area contributed by atoms with Crippen molar-refractivity contribution in [1.29, 1.82) is 0 Å². The minimum atomic E-state index is -0.250. The van der Waals surface area contributed by atoms with Gasteiger partial charge in [0, 0.05) is 37.4 Å².